The molecule has 1 aliphatic heterocycles. The lowest BCUT2D eigenvalue weighted by Gasteiger charge is -2.25. The first-order valence-corrected chi connectivity index (χ1v) is 8.16. The van der Waals surface area contributed by atoms with Gasteiger partial charge in [-0.2, -0.15) is 5.26 Å². The molecule has 1 aliphatic rings. The van der Waals surface area contributed by atoms with Crippen molar-refractivity contribution in [3.8, 4) is 11.8 Å². The summed E-state index contributed by atoms with van der Waals surface area (Å²) in [4.78, 5) is 14.8. The number of benzene rings is 2. The Balaban J connectivity index is 1.77. The molecule has 4 nitrogen and oxygen atoms in total. The number of nitrogens with zero attached hydrogens (tertiary/aromatic N) is 2. The highest BCUT2D eigenvalue weighted by Crippen LogP contribution is 2.27. The van der Waals surface area contributed by atoms with Gasteiger partial charge in [0, 0.05) is 18.2 Å². The summed E-state index contributed by atoms with van der Waals surface area (Å²) in [5.41, 5.74) is 2.34. The molecule has 1 amide bonds. The maximum absolute atomic E-state index is 12.8. The van der Waals surface area contributed by atoms with E-state index in [1.807, 2.05) is 23.1 Å². The third-order valence-corrected chi connectivity index (χ3v) is 4.55. The molecule has 0 unspecified atom stereocenters. The average molecular weight is 320 g/mol. The summed E-state index contributed by atoms with van der Waals surface area (Å²) in [6.07, 6.45) is 2.81. The van der Waals surface area contributed by atoms with E-state index in [0.29, 0.717) is 11.1 Å². The van der Waals surface area contributed by atoms with Crippen LogP contribution in [-0.4, -0.2) is 30.5 Å². The van der Waals surface area contributed by atoms with Crippen LogP contribution in [0, 0.1) is 11.3 Å². The fourth-order valence-electron chi connectivity index (χ4n) is 3.29. The molecule has 2 aromatic rings. The third-order valence-electron chi connectivity index (χ3n) is 4.55. The van der Waals surface area contributed by atoms with Gasteiger partial charge in [0.1, 0.15) is 5.75 Å². The van der Waals surface area contributed by atoms with Crippen LogP contribution in [0.25, 0.3) is 0 Å². The van der Waals surface area contributed by atoms with Crippen LogP contribution in [0.4, 0.5) is 0 Å². The zero-order chi connectivity index (χ0) is 16.9. The minimum Gasteiger partial charge on any atom is -0.496 e. The predicted molar refractivity (Wildman–Crippen MR) is 91.9 cm³/mol. The molecule has 0 saturated carbocycles. The van der Waals surface area contributed by atoms with Crippen molar-refractivity contribution in [1.82, 2.24) is 4.90 Å². The zero-order valence-corrected chi connectivity index (χ0v) is 13.7. The van der Waals surface area contributed by atoms with Gasteiger partial charge in [0.05, 0.1) is 18.7 Å². The van der Waals surface area contributed by atoms with E-state index in [4.69, 9.17) is 10.00 Å². The first-order chi connectivity index (χ1) is 11.7. The monoisotopic (exact) mass is 320 g/mol. The minimum atomic E-state index is 0.0388. The first kappa shape index (κ1) is 16.1. The molecule has 3 rings (SSSR count). The lowest BCUT2D eigenvalue weighted by Crippen LogP contribution is -2.36. The van der Waals surface area contributed by atoms with E-state index in [0.717, 1.165) is 37.1 Å². The lowest BCUT2D eigenvalue weighted by molar-refractivity contribution is 0.0736. The number of para-hydroxylation sites is 1. The Kier molecular flexibility index (Phi) is 4.81. The molecule has 0 aliphatic carbocycles. The summed E-state index contributed by atoms with van der Waals surface area (Å²) in [6.45, 7) is 0.776. The van der Waals surface area contributed by atoms with Gasteiger partial charge < -0.3 is 9.64 Å². The van der Waals surface area contributed by atoms with E-state index in [-0.39, 0.29) is 11.9 Å². The SMILES string of the molecule is COc1ccccc1C[C@H]1CCCN1C(=O)c1ccc(C#N)cc1. The number of rotatable bonds is 4. The molecule has 0 bridgehead atoms. The lowest BCUT2D eigenvalue weighted by atomic mass is 10.0. The van der Waals surface area contributed by atoms with Crippen LogP contribution in [0.2, 0.25) is 0 Å². The van der Waals surface area contributed by atoms with Gasteiger partial charge in [0.25, 0.3) is 5.91 Å². The van der Waals surface area contributed by atoms with Crippen LogP contribution < -0.4 is 4.74 Å². The summed E-state index contributed by atoms with van der Waals surface area (Å²) in [5, 5.41) is 8.88. The minimum absolute atomic E-state index is 0.0388. The number of methoxy groups -OCH3 is 1. The molecule has 0 N–H and O–H groups in total. The molecule has 0 spiro atoms. The molecular weight excluding hydrogens is 300 g/mol. The summed E-state index contributed by atoms with van der Waals surface area (Å²) in [7, 11) is 1.67. The van der Waals surface area contributed by atoms with Crippen molar-refractivity contribution in [2.45, 2.75) is 25.3 Å². The maximum atomic E-state index is 12.8. The standard InChI is InChI=1S/C20H20N2O2/c1-24-19-7-3-2-5-17(19)13-18-6-4-12-22(18)20(23)16-10-8-15(14-21)9-11-16/h2-3,5,7-11,18H,4,6,12-13H2,1H3/t18-/m1/s1. The van der Waals surface area contributed by atoms with Gasteiger partial charge in [0.15, 0.2) is 0 Å². The zero-order valence-electron chi connectivity index (χ0n) is 13.7. The Labute approximate surface area is 142 Å². The van der Waals surface area contributed by atoms with Crippen LogP contribution in [-0.2, 0) is 6.42 Å². The average Bonchev–Trinajstić information content (AvgIpc) is 3.10. The number of hydrogen-bond acceptors (Lipinski definition) is 3. The molecule has 1 heterocycles. The molecule has 1 atom stereocenters. The topological polar surface area (TPSA) is 53.3 Å². The Bertz CT molecular complexity index is 762. The van der Waals surface area contributed by atoms with Crippen molar-refractivity contribution in [3.63, 3.8) is 0 Å². The van der Waals surface area contributed by atoms with E-state index < -0.39 is 0 Å². The molecule has 0 aromatic heterocycles. The summed E-state index contributed by atoms with van der Waals surface area (Å²) in [5.74, 6) is 0.909. The van der Waals surface area contributed by atoms with Crippen molar-refractivity contribution >= 4 is 5.91 Å². The summed E-state index contributed by atoms with van der Waals surface area (Å²) < 4.78 is 5.43. The van der Waals surface area contributed by atoms with Crippen molar-refractivity contribution in [1.29, 1.82) is 5.26 Å². The predicted octanol–water partition coefficient (Wildman–Crippen LogP) is 3.41. The Morgan fingerprint density at radius 1 is 1.25 bits per heavy atom. The van der Waals surface area contributed by atoms with Gasteiger partial charge in [-0.1, -0.05) is 18.2 Å². The van der Waals surface area contributed by atoms with Gasteiger partial charge in [-0.25, -0.2) is 0 Å². The number of hydrogen-bond donors (Lipinski definition) is 0. The van der Waals surface area contributed by atoms with E-state index in [2.05, 4.69) is 12.1 Å². The molecule has 1 saturated heterocycles. The Morgan fingerprint density at radius 3 is 2.71 bits per heavy atom. The molecule has 2 aromatic carbocycles. The van der Waals surface area contributed by atoms with E-state index in [1.165, 1.54) is 0 Å². The van der Waals surface area contributed by atoms with Crippen LogP contribution in [0.15, 0.2) is 48.5 Å². The van der Waals surface area contributed by atoms with Crippen LogP contribution in [0.5, 0.6) is 5.75 Å². The molecule has 4 heteroatoms. The van der Waals surface area contributed by atoms with Crippen LogP contribution in [0.3, 0.4) is 0 Å². The fourth-order valence-corrected chi connectivity index (χ4v) is 3.29. The molecular formula is C20H20N2O2. The fraction of sp³-hybridized carbons (Fsp3) is 0.300. The highest BCUT2D eigenvalue weighted by molar-refractivity contribution is 5.94. The second kappa shape index (κ2) is 7.18. The second-order valence-corrected chi connectivity index (χ2v) is 6.00. The van der Waals surface area contributed by atoms with E-state index >= 15 is 0 Å². The van der Waals surface area contributed by atoms with Crippen molar-refractivity contribution in [3.05, 3.63) is 65.2 Å². The van der Waals surface area contributed by atoms with Crippen molar-refractivity contribution < 1.29 is 9.53 Å². The highest BCUT2D eigenvalue weighted by atomic mass is 16.5. The summed E-state index contributed by atoms with van der Waals surface area (Å²) in [6, 6.07) is 17.1. The second-order valence-electron chi connectivity index (χ2n) is 6.00. The van der Waals surface area contributed by atoms with Gasteiger partial charge >= 0.3 is 0 Å². The van der Waals surface area contributed by atoms with Gasteiger partial charge in [-0.05, 0) is 55.2 Å². The van der Waals surface area contributed by atoms with Crippen LogP contribution >= 0.6 is 0 Å². The van der Waals surface area contributed by atoms with Gasteiger partial charge in [-0.3, -0.25) is 4.79 Å². The largest absolute Gasteiger partial charge is 0.496 e. The van der Waals surface area contributed by atoms with E-state index in [9.17, 15) is 4.79 Å². The molecule has 24 heavy (non-hydrogen) atoms. The van der Waals surface area contributed by atoms with Gasteiger partial charge in [-0.15, -0.1) is 0 Å². The van der Waals surface area contributed by atoms with E-state index in [1.54, 1.807) is 31.4 Å². The van der Waals surface area contributed by atoms with Crippen molar-refractivity contribution in [2.24, 2.45) is 0 Å². The Hall–Kier alpha value is -2.80. The third kappa shape index (κ3) is 3.26. The number of nitriles is 1. The molecule has 122 valence electrons. The summed E-state index contributed by atoms with van der Waals surface area (Å²) >= 11 is 0. The molecule has 0 radical (unpaired) electrons. The quantitative estimate of drug-likeness (QED) is 0.867. The normalized spacial score (nSPS) is 16.7. The first-order valence-electron chi connectivity index (χ1n) is 8.16. The van der Waals surface area contributed by atoms with Gasteiger partial charge in [0.2, 0.25) is 0 Å². The van der Waals surface area contributed by atoms with Crippen molar-refractivity contribution in [2.75, 3.05) is 13.7 Å². The maximum Gasteiger partial charge on any atom is 0.254 e. The smallest absolute Gasteiger partial charge is 0.254 e. The number of ether oxygens (including phenoxy) is 1. The number of carbonyl (C=O) groups excluding carboxylic acids is 1. The highest BCUT2D eigenvalue weighted by Gasteiger charge is 2.30. The number of likely N-dealkylation sites (tertiary alicyclic amines) is 1. The number of amides is 1. The number of carbonyl (C=O) groups is 1. The molecule has 1 fully saturated rings. The van der Waals surface area contributed by atoms with Crippen LogP contribution in [0.1, 0.15) is 34.3 Å². The Morgan fingerprint density at radius 2 is 2.00 bits per heavy atom.